The van der Waals surface area contributed by atoms with Gasteiger partial charge in [-0.25, -0.2) is 9.97 Å². The molecule has 0 atom stereocenters. The van der Waals surface area contributed by atoms with Crippen molar-refractivity contribution in [3.63, 3.8) is 0 Å². The van der Waals surface area contributed by atoms with Crippen LogP contribution in [0.2, 0.25) is 0 Å². The molecule has 0 aliphatic carbocycles. The van der Waals surface area contributed by atoms with Crippen LogP contribution in [0.1, 0.15) is 31.5 Å². The van der Waals surface area contributed by atoms with Crippen molar-refractivity contribution in [1.82, 2.24) is 14.9 Å². The summed E-state index contributed by atoms with van der Waals surface area (Å²) in [6.07, 6.45) is 1.75. The molecule has 1 aliphatic rings. The Morgan fingerprint density at radius 2 is 1.75 bits per heavy atom. The van der Waals surface area contributed by atoms with E-state index in [0.717, 1.165) is 47.3 Å². The summed E-state index contributed by atoms with van der Waals surface area (Å²) in [6, 6.07) is 14.4. The third-order valence-corrected chi connectivity index (χ3v) is 8.09. The van der Waals surface area contributed by atoms with Gasteiger partial charge in [0.25, 0.3) is 5.91 Å². The molecule has 0 unspecified atom stereocenters. The zero-order chi connectivity index (χ0) is 22.1. The number of carbonyl (C=O) groups excluding carboxylic acids is 1. The van der Waals surface area contributed by atoms with E-state index < -0.39 is 0 Å². The Labute approximate surface area is 196 Å². The van der Waals surface area contributed by atoms with Crippen LogP contribution in [0.15, 0.2) is 47.8 Å². The Morgan fingerprint density at radius 3 is 2.47 bits per heavy atom. The average molecular weight is 463 g/mol. The van der Waals surface area contributed by atoms with Gasteiger partial charge in [-0.15, -0.1) is 22.7 Å². The molecule has 1 saturated heterocycles. The first kappa shape index (κ1) is 21.1. The molecule has 1 aliphatic heterocycles. The lowest BCUT2D eigenvalue weighted by molar-refractivity contribution is 0.0751. The SMILES string of the molecule is Cc1sc2nc(CCc3ccccc3)nc(N3CCN(C(=O)c4cccs4)CC3)c2c1C. The standard InChI is InChI=1S/C25H26N4OS2/c1-17-18(2)32-24-22(17)23(26-21(27-24)11-10-19-7-4-3-5-8-19)28-12-14-29(15-13-28)25(30)20-9-6-16-31-20/h3-9,16H,10-15H2,1-2H3. The molecule has 7 heteroatoms. The quantitative estimate of drug-likeness (QED) is 0.413. The van der Waals surface area contributed by atoms with Crippen LogP contribution < -0.4 is 4.90 Å². The second-order valence-electron chi connectivity index (χ2n) is 8.17. The second-order valence-corrected chi connectivity index (χ2v) is 10.3. The number of piperazine rings is 1. The van der Waals surface area contributed by atoms with Gasteiger partial charge in [0.05, 0.1) is 10.3 Å². The highest BCUT2D eigenvalue weighted by Gasteiger charge is 2.26. The molecular formula is C25H26N4OS2. The van der Waals surface area contributed by atoms with E-state index in [2.05, 4.69) is 43.0 Å². The number of amides is 1. The number of anilines is 1. The molecule has 3 aromatic heterocycles. The van der Waals surface area contributed by atoms with Crippen molar-refractivity contribution in [2.45, 2.75) is 26.7 Å². The minimum absolute atomic E-state index is 0.138. The fourth-order valence-electron chi connectivity index (χ4n) is 4.19. The molecule has 4 heterocycles. The van der Waals surface area contributed by atoms with Crippen molar-refractivity contribution in [3.8, 4) is 0 Å². The van der Waals surface area contributed by atoms with Crippen LogP contribution in [0.3, 0.4) is 0 Å². The Hall–Kier alpha value is -2.77. The van der Waals surface area contributed by atoms with E-state index in [1.165, 1.54) is 32.7 Å². The fourth-order valence-corrected chi connectivity index (χ4v) is 5.92. The third-order valence-electron chi connectivity index (χ3n) is 6.13. The van der Waals surface area contributed by atoms with Gasteiger partial charge in [0.15, 0.2) is 0 Å². The number of carbonyl (C=O) groups is 1. The molecule has 0 spiro atoms. The van der Waals surface area contributed by atoms with Gasteiger partial charge in [0.2, 0.25) is 0 Å². The minimum Gasteiger partial charge on any atom is -0.352 e. The summed E-state index contributed by atoms with van der Waals surface area (Å²) in [5.74, 6) is 2.07. The van der Waals surface area contributed by atoms with Crippen molar-refractivity contribution in [1.29, 1.82) is 0 Å². The first-order valence-electron chi connectivity index (χ1n) is 11.0. The van der Waals surface area contributed by atoms with Crippen molar-refractivity contribution in [2.75, 3.05) is 31.1 Å². The summed E-state index contributed by atoms with van der Waals surface area (Å²) in [7, 11) is 0. The van der Waals surface area contributed by atoms with Gasteiger partial charge < -0.3 is 9.80 Å². The molecule has 5 nitrogen and oxygen atoms in total. The minimum atomic E-state index is 0.138. The molecular weight excluding hydrogens is 436 g/mol. The van der Waals surface area contributed by atoms with Crippen molar-refractivity contribution < 1.29 is 4.79 Å². The van der Waals surface area contributed by atoms with Crippen LogP contribution in [0.4, 0.5) is 5.82 Å². The molecule has 5 rings (SSSR count). The highest BCUT2D eigenvalue weighted by atomic mass is 32.1. The molecule has 1 fully saturated rings. The number of hydrogen-bond acceptors (Lipinski definition) is 6. The number of hydrogen-bond donors (Lipinski definition) is 0. The lowest BCUT2D eigenvalue weighted by Gasteiger charge is -2.35. The molecule has 1 amide bonds. The first-order chi connectivity index (χ1) is 15.6. The van der Waals surface area contributed by atoms with Gasteiger partial charge in [0, 0.05) is 37.5 Å². The summed E-state index contributed by atoms with van der Waals surface area (Å²) >= 11 is 3.27. The normalized spacial score (nSPS) is 14.3. The number of fused-ring (bicyclic) bond motifs is 1. The summed E-state index contributed by atoms with van der Waals surface area (Å²) in [5, 5.41) is 3.13. The Bertz CT molecular complexity index is 1230. The van der Waals surface area contributed by atoms with Crippen LogP contribution in [0, 0.1) is 13.8 Å². The molecule has 32 heavy (non-hydrogen) atoms. The van der Waals surface area contributed by atoms with E-state index in [1.807, 2.05) is 28.5 Å². The predicted octanol–water partition coefficient (Wildman–Crippen LogP) is 5.12. The topological polar surface area (TPSA) is 49.3 Å². The number of aryl methyl sites for hydroxylation is 4. The van der Waals surface area contributed by atoms with E-state index in [9.17, 15) is 4.79 Å². The summed E-state index contributed by atoms with van der Waals surface area (Å²) in [4.78, 5) is 30.2. The fraction of sp³-hybridized carbons (Fsp3) is 0.320. The lowest BCUT2D eigenvalue weighted by atomic mass is 10.1. The highest BCUT2D eigenvalue weighted by Crippen LogP contribution is 2.35. The molecule has 0 N–H and O–H groups in total. The van der Waals surface area contributed by atoms with Gasteiger partial charge >= 0.3 is 0 Å². The average Bonchev–Trinajstić information content (AvgIpc) is 3.46. The number of thiophene rings is 2. The van der Waals surface area contributed by atoms with Gasteiger partial charge in [-0.3, -0.25) is 4.79 Å². The van der Waals surface area contributed by atoms with Gasteiger partial charge in [-0.2, -0.15) is 0 Å². The zero-order valence-electron chi connectivity index (χ0n) is 18.4. The van der Waals surface area contributed by atoms with Crippen LogP contribution >= 0.6 is 22.7 Å². The maximum absolute atomic E-state index is 12.7. The first-order valence-corrected chi connectivity index (χ1v) is 12.7. The maximum atomic E-state index is 12.7. The molecule has 164 valence electrons. The number of nitrogens with zero attached hydrogens (tertiary/aromatic N) is 4. The molecule has 0 saturated carbocycles. The monoisotopic (exact) mass is 462 g/mol. The lowest BCUT2D eigenvalue weighted by Crippen LogP contribution is -2.49. The Kier molecular flexibility index (Phi) is 5.93. The van der Waals surface area contributed by atoms with Crippen LogP contribution in [-0.2, 0) is 12.8 Å². The van der Waals surface area contributed by atoms with Crippen LogP contribution in [0.25, 0.3) is 10.2 Å². The van der Waals surface area contributed by atoms with Gasteiger partial charge in [0.1, 0.15) is 16.5 Å². The number of rotatable bonds is 5. The van der Waals surface area contributed by atoms with E-state index in [1.54, 1.807) is 11.3 Å². The maximum Gasteiger partial charge on any atom is 0.264 e. The van der Waals surface area contributed by atoms with E-state index >= 15 is 0 Å². The van der Waals surface area contributed by atoms with Crippen LogP contribution in [-0.4, -0.2) is 47.0 Å². The summed E-state index contributed by atoms with van der Waals surface area (Å²) in [6.45, 7) is 7.33. The summed E-state index contributed by atoms with van der Waals surface area (Å²) in [5.41, 5.74) is 2.57. The van der Waals surface area contributed by atoms with E-state index in [4.69, 9.17) is 9.97 Å². The van der Waals surface area contributed by atoms with E-state index in [-0.39, 0.29) is 5.91 Å². The molecule has 1 aromatic carbocycles. The Balaban J connectivity index is 1.39. The van der Waals surface area contributed by atoms with Crippen molar-refractivity contribution in [2.24, 2.45) is 0 Å². The van der Waals surface area contributed by atoms with Crippen molar-refractivity contribution in [3.05, 3.63) is 74.6 Å². The molecule has 4 aromatic rings. The number of benzene rings is 1. The van der Waals surface area contributed by atoms with Crippen LogP contribution in [0.5, 0.6) is 0 Å². The second kappa shape index (κ2) is 9.00. The summed E-state index contributed by atoms with van der Waals surface area (Å²) < 4.78 is 0. The van der Waals surface area contributed by atoms with Crippen molar-refractivity contribution >= 4 is 44.6 Å². The highest BCUT2D eigenvalue weighted by molar-refractivity contribution is 7.18. The molecule has 0 radical (unpaired) electrons. The third kappa shape index (κ3) is 4.14. The van der Waals surface area contributed by atoms with Gasteiger partial charge in [-0.05, 0) is 42.8 Å². The predicted molar refractivity (Wildman–Crippen MR) is 133 cm³/mol. The molecule has 0 bridgehead atoms. The number of aromatic nitrogens is 2. The van der Waals surface area contributed by atoms with Gasteiger partial charge in [-0.1, -0.05) is 36.4 Å². The largest absolute Gasteiger partial charge is 0.352 e. The zero-order valence-corrected chi connectivity index (χ0v) is 20.0. The smallest absolute Gasteiger partial charge is 0.264 e. The van der Waals surface area contributed by atoms with E-state index in [0.29, 0.717) is 13.1 Å². The Morgan fingerprint density at radius 1 is 0.969 bits per heavy atom.